The number of piperazine rings is 1. The van der Waals surface area contributed by atoms with Crippen molar-refractivity contribution in [2.75, 3.05) is 31.1 Å². The molecule has 9 heteroatoms. The summed E-state index contributed by atoms with van der Waals surface area (Å²) >= 11 is 0. The molecule has 0 unspecified atom stereocenters. The predicted octanol–water partition coefficient (Wildman–Crippen LogP) is 4.90. The van der Waals surface area contributed by atoms with Gasteiger partial charge in [-0.15, -0.1) is 0 Å². The van der Waals surface area contributed by atoms with Gasteiger partial charge in [0.05, 0.1) is 17.5 Å². The molecule has 0 radical (unpaired) electrons. The van der Waals surface area contributed by atoms with Crippen molar-refractivity contribution in [3.63, 3.8) is 0 Å². The molecule has 1 aliphatic rings. The Hall–Kier alpha value is -3.62. The van der Waals surface area contributed by atoms with Gasteiger partial charge in [0.25, 0.3) is 5.91 Å². The highest BCUT2D eigenvalue weighted by molar-refractivity contribution is 6.09. The van der Waals surface area contributed by atoms with E-state index in [0.29, 0.717) is 21.9 Å². The summed E-state index contributed by atoms with van der Waals surface area (Å²) in [5.41, 5.74) is 0.461. The molecule has 0 bridgehead atoms. The first kappa shape index (κ1) is 23.5. The first-order valence-corrected chi connectivity index (χ1v) is 10.7. The summed E-state index contributed by atoms with van der Waals surface area (Å²) in [5.74, 6) is -1.98. The van der Waals surface area contributed by atoms with Crippen molar-refractivity contribution in [3.05, 3.63) is 76.6 Å². The second kappa shape index (κ2) is 8.96. The zero-order valence-corrected chi connectivity index (χ0v) is 18.3. The normalized spacial score (nSPS) is 14.5. The summed E-state index contributed by atoms with van der Waals surface area (Å²) in [6.45, 7) is 2.36. The standard InChI is InChI=1S/C25H22F4N2O3/c1-15-17(13-22(32)33)12-16-6-7-18(26)14-19(16)23(15)24(34)31-10-8-30(9-11-31)21-5-3-2-4-20(21)25(27,28)29/h2-7,12,14H,8-11,13H2,1H3,(H,32,33). The summed E-state index contributed by atoms with van der Waals surface area (Å²) in [5, 5.41) is 10.2. The summed E-state index contributed by atoms with van der Waals surface area (Å²) in [6, 6.07) is 11.0. The molecule has 0 aromatic heterocycles. The first-order valence-electron chi connectivity index (χ1n) is 10.7. The van der Waals surface area contributed by atoms with E-state index in [-0.39, 0.29) is 43.9 Å². The van der Waals surface area contributed by atoms with Gasteiger partial charge in [-0.2, -0.15) is 13.2 Å². The van der Waals surface area contributed by atoms with Gasteiger partial charge in [0, 0.05) is 31.9 Å². The number of hydrogen-bond donors (Lipinski definition) is 1. The average Bonchev–Trinajstić information content (AvgIpc) is 2.79. The molecule has 0 spiro atoms. The van der Waals surface area contributed by atoms with E-state index in [1.54, 1.807) is 24.0 Å². The molecule has 1 saturated heterocycles. The average molecular weight is 474 g/mol. The van der Waals surface area contributed by atoms with E-state index in [2.05, 4.69) is 0 Å². The van der Waals surface area contributed by atoms with E-state index >= 15 is 0 Å². The lowest BCUT2D eigenvalue weighted by Gasteiger charge is -2.37. The molecule has 1 aliphatic heterocycles. The molecule has 34 heavy (non-hydrogen) atoms. The van der Waals surface area contributed by atoms with Gasteiger partial charge in [-0.05, 0) is 53.1 Å². The lowest BCUT2D eigenvalue weighted by atomic mass is 9.92. The van der Waals surface area contributed by atoms with Gasteiger partial charge in [0.2, 0.25) is 0 Å². The van der Waals surface area contributed by atoms with Crippen molar-refractivity contribution < 1.29 is 32.3 Å². The van der Waals surface area contributed by atoms with Gasteiger partial charge >= 0.3 is 12.1 Å². The lowest BCUT2D eigenvalue weighted by Crippen LogP contribution is -2.49. The Balaban J connectivity index is 1.64. The summed E-state index contributed by atoms with van der Waals surface area (Å²) in [7, 11) is 0. The molecule has 0 saturated carbocycles. The molecule has 1 heterocycles. The third kappa shape index (κ3) is 4.55. The maximum absolute atomic E-state index is 14.0. The molecular formula is C25H22F4N2O3. The molecule has 0 aliphatic carbocycles. The third-order valence-corrected chi connectivity index (χ3v) is 6.14. The molecule has 1 fully saturated rings. The maximum Gasteiger partial charge on any atom is 0.418 e. The van der Waals surface area contributed by atoms with Crippen LogP contribution in [0.1, 0.15) is 27.0 Å². The van der Waals surface area contributed by atoms with Crippen LogP contribution in [0.4, 0.5) is 23.2 Å². The van der Waals surface area contributed by atoms with Crippen LogP contribution in [0, 0.1) is 12.7 Å². The second-order valence-electron chi connectivity index (χ2n) is 8.27. The first-order chi connectivity index (χ1) is 16.1. The molecule has 3 aromatic carbocycles. The number of carbonyl (C=O) groups is 2. The Morgan fingerprint density at radius 3 is 2.32 bits per heavy atom. The smallest absolute Gasteiger partial charge is 0.418 e. The third-order valence-electron chi connectivity index (χ3n) is 6.14. The van der Waals surface area contributed by atoms with Crippen LogP contribution in [0.25, 0.3) is 10.8 Å². The number of fused-ring (bicyclic) bond motifs is 1. The van der Waals surface area contributed by atoms with E-state index < -0.39 is 29.4 Å². The minimum Gasteiger partial charge on any atom is -0.481 e. The van der Waals surface area contributed by atoms with Crippen LogP contribution in [0.15, 0.2) is 48.5 Å². The van der Waals surface area contributed by atoms with Crippen molar-refractivity contribution in [2.45, 2.75) is 19.5 Å². The number of aliphatic carboxylic acids is 1. The highest BCUT2D eigenvalue weighted by Crippen LogP contribution is 2.37. The number of para-hydroxylation sites is 1. The van der Waals surface area contributed by atoms with Crippen LogP contribution in [-0.4, -0.2) is 48.1 Å². The Kier molecular flexibility index (Phi) is 6.20. The number of carboxylic acids is 1. The fourth-order valence-corrected chi connectivity index (χ4v) is 4.45. The van der Waals surface area contributed by atoms with Crippen molar-refractivity contribution in [1.29, 1.82) is 0 Å². The molecule has 178 valence electrons. The summed E-state index contributed by atoms with van der Waals surface area (Å²) in [6.07, 6.45) is -4.78. The predicted molar refractivity (Wildman–Crippen MR) is 120 cm³/mol. The van der Waals surface area contributed by atoms with Crippen LogP contribution in [0.3, 0.4) is 0 Å². The van der Waals surface area contributed by atoms with Crippen molar-refractivity contribution in [1.82, 2.24) is 4.90 Å². The fourth-order valence-electron chi connectivity index (χ4n) is 4.45. The molecule has 4 rings (SSSR count). The molecule has 3 aromatic rings. The minimum atomic E-state index is -4.49. The Labute approximate surface area is 193 Å². The van der Waals surface area contributed by atoms with E-state index in [1.165, 1.54) is 35.2 Å². The van der Waals surface area contributed by atoms with Crippen LogP contribution < -0.4 is 4.90 Å². The molecule has 5 nitrogen and oxygen atoms in total. The van der Waals surface area contributed by atoms with Gasteiger partial charge in [0.1, 0.15) is 5.82 Å². The number of rotatable bonds is 4. The number of nitrogens with zero attached hydrogens (tertiary/aromatic N) is 2. The minimum absolute atomic E-state index is 0.0641. The molecule has 1 N–H and O–H groups in total. The SMILES string of the molecule is Cc1c(CC(=O)O)cc2ccc(F)cc2c1C(=O)N1CCN(c2ccccc2C(F)(F)F)CC1. The Morgan fingerprint density at radius 1 is 1.00 bits per heavy atom. The number of anilines is 1. The molecule has 1 amide bonds. The van der Waals surface area contributed by atoms with Crippen LogP contribution in [0.2, 0.25) is 0 Å². The number of hydrogen-bond acceptors (Lipinski definition) is 3. The monoisotopic (exact) mass is 474 g/mol. The van der Waals surface area contributed by atoms with E-state index in [9.17, 15) is 32.3 Å². The zero-order chi connectivity index (χ0) is 24.6. The Bertz CT molecular complexity index is 1260. The van der Waals surface area contributed by atoms with E-state index in [1.807, 2.05) is 0 Å². The number of alkyl halides is 3. The molecular weight excluding hydrogens is 452 g/mol. The van der Waals surface area contributed by atoms with Gasteiger partial charge in [-0.3, -0.25) is 9.59 Å². The topological polar surface area (TPSA) is 60.9 Å². The Morgan fingerprint density at radius 2 is 1.68 bits per heavy atom. The van der Waals surface area contributed by atoms with Gasteiger partial charge < -0.3 is 14.9 Å². The highest BCUT2D eigenvalue weighted by atomic mass is 19.4. The lowest BCUT2D eigenvalue weighted by molar-refractivity contribution is -0.137. The van der Waals surface area contributed by atoms with Crippen LogP contribution in [0.5, 0.6) is 0 Å². The molecule has 0 atom stereocenters. The van der Waals surface area contributed by atoms with Gasteiger partial charge in [-0.25, -0.2) is 4.39 Å². The van der Waals surface area contributed by atoms with Crippen molar-refractivity contribution in [3.8, 4) is 0 Å². The quantitative estimate of drug-likeness (QED) is 0.547. The van der Waals surface area contributed by atoms with Gasteiger partial charge in [0.15, 0.2) is 0 Å². The number of benzene rings is 3. The second-order valence-corrected chi connectivity index (χ2v) is 8.27. The zero-order valence-electron chi connectivity index (χ0n) is 18.3. The van der Waals surface area contributed by atoms with E-state index in [0.717, 1.165) is 6.07 Å². The maximum atomic E-state index is 14.0. The highest BCUT2D eigenvalue weighted by Gasteiger charge is 2.35. The number of halogens is 4. The van der Waals surface area contributed by atoms with Crippen molar-refractivity contribution >= 4 is 28.3 Å². The number of amides is 1. The van der Waals surface area contributed by atoms with E-state index in [4.69, 9.17) is 0 Å². The summed E-state index contributed by atoms with van der Waals surface area (Å²) in [4.78, 5) is 27.9. The summed E-state index contributed by atoms with van der Waals surface area (Å²) < 4.78 is 54.3. The largest absolute Gasteiger partial charge is 0.481 e. The van der Waals surface area contributed by atoms with Crippen molar-refractivity contribution in [2.24, 2.45) is 0 Å². The van der Waals surface area contributed by atoms with Crippen LogP contribution in [-0.2, 0) is 17.4 Å². The van der Waals surface area contributed by atoms with Gasteiger partial charge in [-0.1, -0.05) is 24.3 Å². The number of carboxylic acid groups (broad SMARTS) is 1. The fraction of sp³-hybridized carbons (Fsp3) is 0.280. The number of carbonyl (C=O) groups excluding carboxylic acids is 1. The van der Waals surface area contributed by atoms with Crippen LogP contribution >= 0.6 is 0 Å².